The van der Waals surface area contributed by atoms with Crippen LogP contribution in [-0.4, -0.2) is 44.6 Å². The highest BCUT2D eigenvalue weighted by Gasteiger charge is 2.66. The molecule has 3 heterocycles. The number of fused-ring (bicyclic) bond motifs is 1. The van der Waals surface area contributed by atoms with E-state index in [2.05, 4.69) is 13.8 Å². The fourth-order valence-corrected chi connectivity index (χ4v) is 7.59. The number of methoxy groups -OCH3 is 1. The van der Waals surface area contributed by atoms with E-state index in [9.17, 15) is 9.59 Å². The number of hydrogen-bond acceptors (Lipinski definition) is 4. The quantitative estimate of drug-likeness (QED) is 0.696. The molecular weight excluding hydrogens is 354 g/mol. The first-order chi connectivity index (χ1) is 13.5. The summed E-state index contributed by atoms with van der Waals surface area (Å²) in [6.07, 6.45) is 3.66. The van der Waals surface area contributed by atoms with Gasteiger partial charge in [-0.05, 0) is 24.5 Å². The van der Waals surface area contributed by atoms with Crippen molar-refractivity contribution in [3.63, 3.8) is 0 Å². The van der Waals surface area contributed by atoms with E-state index < -0.39 is 0 Å². The van der Waals surface area contributed by atoms with Gasteiger partial charge in [-0.1, -0.05) is 6.92 Å². The van der Waals surface area contributed by atoms with Gasteiger partial charge in [0, 0.05) is 48.2 Å². The van der Waals surface area contributed by atoms with Crippen LogP contribution in [0.5, 0.6) is 0 Å². The van der Waals surface area contributed by atoms with Crippen LogP contribution in [0.2, 0.25) is 0 Å². The molecule has 0 radical (unpaired) electrons. The predicted octanol–water partition coefficient (Wildman–Crippen LogP) is 1.36. The number of carbonyl (C=O) groups is 2. The number of Topliss-reactive ketones (excluding diaryl/α,β-unsaturated/α-hetero) is 1. The van der Waals surface area contributed by atoms with E-state index in [1.165, 1.54) is 13.7 Å². The van der Waals surface area contributed by atoms with Crippen molar-refractivity contribution in [2.45, 2.75) is 45.6 Å². The van der Waals surface area contributed by atoms with Crippen molar-refractivity contribution in [3.8, 4) is 0 Å². The SMILES string of the molecule is COC(=O)C1=C2CCOC3=C2C2=C1C(=O)C1CC4[NH+](CC1C)CC(CC3)C24C. The smallest absolute Gasteiger partial charge is 0.338 e. The number of allylic oxidation sites excluding steroid dienone is 2. The Morgan fingerprint density at radius 2 is 2.07 bits per heavy atom. The highest BCUT2D eigenvalue weighted by molar-refractivity contribution is 6.15. The third-order valence-corrected chi connectivity index (χ3v) is 8.83. The van der Waals surface area contributed by atoms with Crippen LogP contribution in [0.1, 0.15) is 39.5 Å². The third-order valence-electron chi connectivity index (χ3n) is 8.83. The van der Waals surface area contributed by atoms with E-state index in [1.54, 1.807) is 4.90 Å². The molecular formula is C23H28NO4+. The highest BCUT2D eigenvalue weighted by atomic mass is 16.5. The van der Waals surface area contributed by atoms with Crippen molar-refractivity contribution in [3.05, 3.63) is 33.6 Å². The average molecular weight is 382 g/mol. The summed E-state index contributed by atoms with van der Waals surface area (Å²) in [5.41, 5.74) is 4.50. The number of ether oxygens (including phenoxy) is 2. The van der Waals surface area contributed by atoms with Crippen molar-refractivity contribution in [1.29, 1.82) is 0 Å². The van der Waals surface area contributed by atoms with Crippen LogP contribution >= 0.6 is 0 Å². The van der Waals surface area contributed by atoms with E-state index in [-0.39, 0.29) is 23.1 Å². The Morgan fingerprint density at radius 1 is 1.25 bits per heavy atom. The van der Waals surface area contributed by atoms with Crippen LogP contribution < -0.4 is 4.90 Å². The van der Waals surface area contributed by atoms with Gasteiger partial charge in [-0.25, -0.2) is 4.79 Å². The molecule has 6 unspecified atom stereocenters. The van der Waals surface area contributed by atoms with Gasteiger partial charge in [0.1, 0.15) is 5.76 Å². The number of esters is 1. The van der Waals surface area contributed by atoms with Crippen LogP contribution in [0.3, 0.4) is 0 Å². The zero-order valence-corrected chi connectivity index (χ0v) is 16.9. The summed E-state index contributed by atoms with van der Waals surface area (Å²) >= 11 is 0. The molecule has 6 atom stereocenters. The second-order valence-electron chi connectivity index (χ2n) is 9.81. The lowest BCUT2D eigenvalue weighted by Gasteiger charge is -2.40. The first kappa shape index (κ1) is 17.0. The topological polar surface area (TPSA) is 57.0 Å². The minimum absolute atomic E-state index is 0.0177. The first-order valence-electron chi connectivity index (χ1n) is 10.8. The number of hydrogen-bond donors (Lipinski definition) is 1. The van der Waals surface area contributed by atoms with E-state index in [0.717, 1.165) is 48.3 Å². The van der Waals surface area contributed by atoms with Crippen LogP contribution in [0.15, 0.2) is 33.6 Å². The summed E-state index contributed by atoms with van der Waals surface area (Å²) < 4.78 is 11.3. The van der Waals surface area contributed by atoms with Crippen molar-refractivity contribution in [2.24, 2.45) is 23.2 Å². The predicted molar refractivity (Wildman–Crippen MR) is 101 cm³/mol. The van der Waals surface area contributed by atoms with Gasteiger partial charge in [0.2, 0.25) is 0 Å². The normalized spacial score (nSPS) is 43.1. The van der Waals surface area contributed by atoms with E-state index in [4.69, 9.17) is 9.47 Å². The van der Waals surface area contributed by atoms with Crippen molar-refractivity contribution < 1.29 is 24.0 Å². The number of piperidine rings is 1. The standard InChI is InChI=1S/C23H27NO4/c1-11-9-24-10-12-4-5-15-17-13(6-7-28-15)18(22(26)27-3)19-20(17)23(12,2)16(24)8-14(11)21(19)25/h11-12,14,16H,4-10H2,1-3H3/p+1. The highest BCUT2D eigenvalue weighted by Crippen LogP contribution is 2.61. The summed E-state index contributed by atoms with van der Waals surface area (Å²) in [7, 11) is 1.43. The van der Waals surface area contributed by atoms with Crippen molar-refractivity contribution in [2.75, 3.05) is 26.8 Å². The Kier molecular flexibility index (Phi) is 3.27. The third kappa shape index (κ3) is 1.78. The summed E-state index contributed by atoms with van der Waals surface area (Å²) in [5.74, 6) is 1.75. The van der Waals surface area contributed by atoms with E-state index >= 15 is 0 Å². The van der Waals surface area contributed by atoms with Crippen LogP contribution in [0, 0.1) is 23.2 Å². The molecule has 6 aliphatic rings. The molecule has 1 N–H and O–H groups in total. The molecule has 6 rings (SSSR count). The minimum atomic E-state index is -0.348. The van der Waals surface area contributed by atoms with E-state index in [1.807, 2.05) is 0 Å². The monoisotopic (exact) mass is 382 g/mol. The van der Waals surface area contributed by atoms with Gasteiger partial charge in [0.15, 0.2) is 5.78 Å². The Labute approximate surface area is 165 Å². The van der Waals surface area contributed by atoms with Crippen LogP contribution in [0.25, 0.3) is 0 Å². The summed E-state index contributed by atoms with van der Waals surface area (Å²) in [6.45, 7) is 7.44. The fourth-order valence-electron chi connectivity index (χ4n) is 7.59. The molecule has 3 aliphatic heterocycles. The first-order valence-corrected chi connectivity index (χ1v) is 10.8. The second kappa shape index (κ2) is 5.38. The molecule has 0 aromatic heterocycles. The van der Waals surface area contributed by atoms with Crippen LogP contribution in [0.4, 0.5) is 0 Å². The Morgan fingerprint density at radius 3 is 2.86 bits per heavy atom. The molecule has 2 fully saturated rings. The van der Waals surface area contributed by atoms with Gasteiger partial charge in [-0.3, -0.25) is 4.79 Å². The molecule has 28 heavy (non-hydrogen) atoms. The summed E-state index contributed by atoms with van der Waals surface area (Å²) in [6, 6.07) is 0.460. The fraction of sp³-hybridized carbons (Fsp3) is 0.652. The number of carbonyl (C=O) groups excluding carboxylic acids is 2. The van der Waals surface area contributed by atoms with Gasteiger partial charge < -0.3 is 14.4 Å². The lowest BCUT2D eigenvalue weighted by Crippen LogP contribution is -3.16. The Bertz CT molecular complexity index is 925. The molecule has 0 amide bonds. The molecule has 0 saturated carbocycles. The maximum absolute atomic E-state index is 13.9. The van der Waals surface area contributed by atoms with Gasteiger partial charge in [0.05, 0.1) is 43.8 Å². The summed E-state index contributed by atoms with van der Waals surface area (Å²) in [4.78, 5) is 28.5. The molecule has 5 heteroatoms. The number of ketones is 1. The van der Waals surface area contributed by atoms with Crippen molar-refractivity contribution >= 4 is 11.8 Å². The van der Waals surface area contributed by atoms with Gasteiger partial charge in [0.25, 0.3) is 0 Å². The molecule has 148 valence electrons. The zero-order valence-electron chi connectivity index (χ0n) is 16.9. The van der Waals surface area contributed by atoms with E-state index in [0.29, 0.717) is 42.1 Å². The molecule has 0 aromatic rings. The van der Waals surface area contributed by atoms with Gasteiger partial charge in [-0.2, -0.15) is 0 Å². The Balaban J connectivity index is 1.71. The maximum Gasteiger partial charge on any atom is 0.338 e. The zero-order chi connectivity index (χ0) is 19.4. The van der Waals surface area contributed by atoms with Gasteiger partial charge >= 0.3 is 5.97 Å². The molecule has 0 spiro atoms. The lowest BCUT2D eigenvalue weighted by molar-refractivity contribution is -0.926. The van der Waals surface area contributed by atoms with Crippen molar-refractivity contribution in [1.82, 2.24) is 0 Å². The second-order valence-corrected chi connectivity index (χ2v) is 9.81. The lowest BCUT2D eigenvalue weighted by atomic mass is 9.65. The average Bonchev–Trinajstić information content (AvgIpc) is 3.11. The molecule has 3 aliphatic carbocycles. The van der Waals surface area contributed by atoms with Gasteiger partial charge in [-0.15, -0.1) is 0 Å². The Hall–Kier alpha value is -1.88. The summed E-state index contributed by atoms with van der Waals surface area (Å²) in [5, 5.41) is 0. The number of rotatable bonds is 1. The molecule has 0 aromatic carbocycles. The number of quaternary nitrogens is 1. The number of nitrogens with one attached hydrogen (secondary N) is 1. The minimum Gasteiger partial charge on any atom is -0.497 e. The molecule has 2 bridgehead atoms. The maximum atomic E-state index is 13.9. The molecule has 2 saturated heterocycles. The largest absolute Gasteiger partial charge is 0.497 e. The molecule has 5 nitrogen and oxygen atoms in total. The van der Waals surface area contributed by atoms with Crippen LogP contribution in [-0.2, 0) is 19.1 Å².